The molecule has 0 saturated heterocycles. The third-order valence-electron chi connectivity index (χ3n) is 2.88. The van der Waals surface area contributed by atoms with Gasteiger partial charge in [0.1, 0.15) is 0 Å². The van der Waals surface area contributed by atoms with Gasteiger partial charge in [-0.05, 0) is 39.5 Å². The van der Waals surface area contributed by atoms with Crippen LogP contribution in [0.15, 0.2) is 11.8 Å². The van der Waals surface area contributed by atoms with Crippen molar-refractivity contribution >= 4 is 0 Å². The molecule has 0 aromatic carbocycles. The van der Waals surface area contributed by atoms with Crippen molar-refractivity contribution in [2.75, 3.05) is 7.05 Å². The molecule has 0 atom stereocenters. The van der Waals surface area contributed by atoms with E-state index in [0.717, 1.165) is 5.92 Å². The van der Waals surface area contributed by atoms with Crippen LogP contribution in [0, 0.1) is 5.92 Å². The van der Waals surface area contributed by atoms with Crippen molar-refractivity contribution in [3.05, 3.63) is 11.8 Å². The number of hydrogen-bond donors (Lipinski definition) is 0. The molecule has 0 aliphatic rings. The Labute approximate surface area is 83.8 Å². The van der Waals surface area contributed by atoms with Gasteiger partial charge < -0.3 is 4.90 Å². The molecule has 0 amide bonds. The molecule has 0 unspecified atom stereocenters. The molecule has 0 aromatic rings. The molecule has 0 radical (unpaired) electrons. The van der Waals surface area contributed by atoms with Crippen LogP contribution in [0.3, 0.4) is 0 Å². The second-order valence-electron chi connectivity index (χ2n) is 3.93. The maximum Gasteiger partial charge on any atom is 0.0227 e. The van der Waals surface area contributed by atoms with Crippen molar-refractivity contribution in [3.63, 3.8) is 0 Å². The minimum absolute atomic E-state index is 0.604. The van der Waals surface area contributed by atoms with Gasteiger partial charge in [-0.25, -0.2) is 0 Å². The Kier molecular flexibility index (Phi) is 5.85. The summed E-state index contributed by atoms with van der Waals surface area (Å²) in [6.45, 7) is 11.2. The molecule has 1 heteroatoms. The molecule has 0 spiro atoms. The normalized spacial score (nSPS) is 12.8. The summed E-state index contributed by atoms with van der Waals surface area (Å²) in [6.07, 6.45) is 4.75. The van der Waals surface area contributed by atoms with E-state index in [9.17, 15) is 0 Å². The Morgan fingerprint density at radius 2 is 1.69 bits per heavy atom. The van der Waals surface area contributed by atoms with Crippen LogP contribution < -0.4 is 0 Å². The third-order valence-corrected chi connectivity index (χ3v) is 2.88. The molecule has 13 heavy (non-hydrogen) atoms. The Balaban J connectivity index is 4.50. The standard InChI is InChI=1S/C12H25N/c1-7-11(8-2)12(9-3)13(6)10(4)5/h9-11H,7-8H2,1-6H3/b12-9-. The fourth-order valence-corrected chi connectivity index (χ4v) is 1.73. The summed E-state index contributed by atoms with van der Waals surface area (Å²) >= 11 is 0. The summed E-state index contributed by atoms with van der Waals surface area (Å²) in [5.41, 5.74) is 1.50. The Hall–Kier alpha value is -0.460. The first kappa shape index (κ1) is 12.5. The van der Waals surface area contributed by atoms with Crippen LogP contribution in [0.5, 0.6) is 0 Å². The van der Waals surface area contributed by atoms with E-state index in [1.807, 2.05) is 0 Å². The highest BCUT2D eigenvalue weighted by Crippen LogP contribution is 2.22. The van der Waals surface area contributed by atoms with Crippen LogP contribution in [0.2, 0.25) is 0 Å². The Bertz CT molecular complexity index is 151. The van der Waals surface area contributed by atoms with Crippen LogP contribution in [0.1, 0.15) is 47.5 Å². The summed E-state index contributed by atoms with van der Waals surface area (Å²) in [5.74, 6) is 0.734. The highest BCUT2D eigenvalue weighted by Gasteiger charge is 2.15. The van der Waals surface area contributed by atoms with Gasteiger partial charge in [-0.1, -0.05) is 19.9 Å². The highest BCUT2D eigenvalue weighted by atomic mass is 15.1. The van der Waals surface area contributed by atoms with E-state index in [1.54, 1.807) is 0 Å². The predicted octanol–water partition coefficient (Wildman–Crippen LogP) is 3.67. The highest BCUT2D eigenvalue weighted by molar-refractivity contribution is 5.04. The molecule has 0 aliphatic carbocycles. The van der Waals surface area contributed by atoms with Crippen molar-refractivity contribution in [1.82, 2.24) is 4.90 Å². The smallest absolute Gasteiger partial charge is 0.0227 e. The number of nitrogens with zero attached hydrogens (tertiary/aromatic N) is 1. The van der Waals surface area contributed by atoms with E-state index in [2.05, 4.69) is 52.6 Å². The topological polar surface area (TPSA) is 3.24 Å². The van der Waals surface area contributed by atoms with Gasteiger partial charge in [-0.3, -0.25) is 0 Å². The van der Waals surface area contributed by atoms with Gasteiger partial charge in [0, 0.05) is 18.8 Å². The lowest BCUT2D eigenvalue weighted by atomic mass is 9.97. The molecular weight excluding hydrogens is 158 g/mol. The molecule has 0 aromatic heterocycles. The molecule has 1 nitrogen and oxygen atoms in total. The van der Waals surface area contributed by atoms with Crippen LogP contribution in [-0.4, -0.2) is 18.0 Å². The van der Waals surface area contributed by atoms with Crippen molar-refractivity contribution in [2.45, 2.75) is 53.5 Å². The van der Waals surface area contributed by atoms with E-state index in [0.29, 0.717) is 6.04 Å². The Morgan fingerprint density at radius 1 is 1.23 bits per heavy atom. The molecule has 0 bridgehead atoms. The summed E-state index contributed by atoms with van der Waals surface area (Å²) in [7, 11) is 2.19. The molecule has 0 rings (SSSR count). The van der Waals surface area contributed by atoms with E-state index in [1.165, 1.54) is 18.5 Å². The van der Waals surface area contributed by atoms with Crippen LogP contribution in [0.25, 0.3) is 0 Å². The summed E-state index contributed by atoms with van der Waals surface area (Å²) in [6, 6.07) is 0.604. The third kappa shape index (κ3) is 3.41. The first-order valence-electron chi connectivity index (χ1n) is 5.47. The minimum atomic E-state index is 0.604. The maximum atomic E-state index is 2.39. The molecule has 0 N–H and O–H groups in total. The first-order valence-corrected chi connectivity index (χ1v) is 5.47. The molecule has 0 saturated carbocycles. The maximum absolute atomic E-state index is 2.39. The van der Waals surface area contributed by atoms with E-state index in [-0.39, 0.29) is 0 Å². The molecule has 0 heterocycles. The zero-order valence-electron chi connectivity index (χ0n) is 10.1. The van der Waals surface area contributed by atoms with Gasteiger partial charge in [-0.2, -0.15) is 0 Å². The van der Waals surface area contributed by atoms with E-state index >= 15 is 0 Å². The van der Waals surface area contributed by atoms with Crippen molar-refractivity contribution in [2.24, 2.45) is 5.92 Å². The Morgan fingerprint density at radius 3 is 1.92 bits per heavy atom. The summed E-state index contributed by atoms with van der Waals surface area (Å²) in [4.78, 5) is 2.39. The molecule has 78 valence electrons. The van der Waals surface area contributed by atoms with Gasteiger partial charge in [0.25, 0.3) is 0 Å². The molecular formula is C12H25N. The fourth-order valence-electron chi connectivity index (χ4n) is 1.73. The average molecular weight is 183 g/mol. The number of rotatable bonds is 5. The summed E-state index contributed by atoms with van der Waals surface area (Å²) in [5, 5.41) is 0. The van der Waals surface area contributed by atoms with Crippen molar-refractivity contribution in [3.8, 4) is 0 Å². The molecule has 0 fully saturated rings. The van der Waals surface area contributed by atoms with Crippen molar-refractivity contribution < 1.29 is 0 Å². The lowest BCUT2D eigenvalue weighted by Crippen LogP contribution is -2.29. The average Bonchev–Trinajstić information content (AvgIpc) is 2.12. The first-order chi connectivity index (χ1) is 6.08. The lowest BCUT2D eigenvalue weighted by molar-refractivity contribution is 0.293. The van der Waals surface area contributed by atoms with Crippen LogP contribution in [0.4, 0.5) is 0 Å². The summed E-state index contributed by atoms with van der Waals surface area (Å²) < 4.78 is 0. The van der Waals surface area contributed by atoms with Gasteiger partial charge in [-0.15, -0.1) is 0 Å². The fraction of sp³-hybridized carbons (Fsp3) is 0.833. The lowest BCUT2D eigenvalue weighted by Gasteiger charge is -2.31. The quantitative estimate of drug-likeness (QED) is 0.628. The monoisotopic (exact) mass is 183 g/mol. The minimum Gasteiger partial charge on any atom is -0.375 e. The van der Waals surface area contributed by atoms with Gasteiger partial charge >= 0.3 is 0 Å². The van der Waals surface area contributed by atoms with Crippen LogP contribution >= 0.6 is 0 Å². The van der Waals surface area contributed by atoms with Gasteiger partial charge in [0.15, 0.2) is 0 Å². The SMILES string of the molecule is C/C=C(/C(CC)CC)N(C)C(C)C. The van der Waals surface area contributed by atoms with E-state index in [4.69, 9.17) is 0 Å². The molecule has 0 aliphatic heterocycles. The second kappa shape index (κ2) is 6.06. The van der Waals surface area contributed by atoms with Gasteiger partial charge in [0.05, 0.1) is 0 Å². The second-order valence-corrected chi connectivity index (χ2v) is 3.93. The number of hydrogen-bond acceptors (Lipinski definition) is 1. The predicted molar refractivity (Wildman–Crippen MR) is 60.7 cm³/mol. The largest absolute Gasteiger partial charge is 0.375 e. The number of allylic oxidation sites excluding steroid dienone is 2. The van der Waals surface area contributed by atoms with Gasteiger partial charge in [0.2, 0.25) is 0 Å². The van der Waals surface area contributed by atoms with E-state index < -0.39 is 0 Å². The zero-order chi connectivity index (χ0) is 10.4. The zero-order valence-corrected chi connectivity index (χ0v) is 10.1. The van der Waals surface area contributed by atoms with Crippen molar-refractivity contribution in [1.29, 1.82) is 0 Å². The van der Waals surface area contributed by atoms with Crippen LogP contribution in [-0.2, 0) is 0 Å².